The minimum atomic E-state index is 0.722. The molecular formula is C13H16N4. The molecule has 0 aliphatic carbocycles. The first kappa shape index (κ1) is 10.5. The molecule has 0 saturated carbocycles. The molecule has 3 rings (SSSR count). The molecule has 2 aromatic rings. The predicted molar refractivity (Wildman–Crippen MR) is 66.4 cm³/mol. The van der Waals surface area contributed by atoms with E-state index in [1.54, 1.807) is 6.20 Å². The molecule has 1 atom stereocenters. The van der Waals surface area contributed by atoms with E-state index >= 15 is 0 Å². The zero-order valence-electron chi connectivity index (χ0n) is 9.71. The minimum absolute atomic E-state index is 0.722. The maximum Gasteiger partial charge on any atom is 0.0951 e. The van der Waals surface area contributed by atoms with Crippen LogP contribution in [0.1, 0.15) is 6.42 Å². The highest BCUT2D eigenvalue weighted by Gasteiger charge is 2.16. The van der Waals surface area contributed by atoms with Gasteiger partial charge in [0.25, 0.3) is 0 Å². The molecule has 0 radical (unpaired) electrons. The number of hydrogen-bond acceptors (Lipinski definition) is 3. The Kier molecular flexibility index (Phi) is 2.88. The summed E-state index contributed by atoms with van der Waals surface area (Å²) in [7, 11) is 0. The van der Waals surface area contributed by atoms with E-state index in [-0.39, 0.29) is 0 Å². The molecule has 17 heavy (non-hydrogen) atoms. The summed E-state index contributed by atoms with van der Waals surface area (Å²) in [6.45, 7) is 3.30. The summed E-state index contributed by atoms with van der Waals surface area (Å²) in [6, 6.07) is 4.04. The van der Waals surface area contributed by atoms with Gasteiger partial charge in [-0.15, -0.1) is 0 Å². The van der Waals surface area contributed by atoms with Crippen LogP contribution in [0.4, 0.5) is 0 Å². The van der Waals surface area contributed by atoms with Gasteiger partial charge in [0.15, 0.2) is 0 Å². The third-order valence-electron chi connectivity index (χ3n) is 3.29. The topological polar surface area (TPSA) is 42.7 Å². The Bertz CT molecular complexity index is 471. The molecule has 1 aliphatic rings. The summed E-state index contributed by atoms with van der Waals surface area (Å²) < 4.78 is 2.23. The van der Waals surface area contributed by atoms with Crippen molar-refractivity contribution in [2.45, 2.75) is 13.0 Å². The van der Waals surface area contributed by atoms with E-state index in [4.69, 9.17) is 0 Å². The normalized spacial score (nSPS) is 19.6. The molecule has 0 bridgehead atoms. The Hall–Kier alpha value is -1.68. The summed E-state index contributed by atoms with van der Waals surface area (Å²) >= 11 is 0. The van der Waals surface area contributed by atoms with Gasteiger partial charge in [0, 0.05) is 24.5 Å². The highest BCUT2D eigenvalue weighted by molar-refractivity contribution is 5.57. The van der Waals surface area contributed by atoms with Crippen molar-refractivity contribution in [3.8, 4) is 11.3 Å². The van der Waals surface area contributed by atoms with Crippen LogP contribution in [-0.2, 0) is 6.54 Å². The number of hydrogen-bond donors (Lipinski definition) is 1. The van der Waals surface area contributed by atoms with Crippen LogP contribution in [0, 0.1) is 5.92 Å². The van der Waals surface area contributed by atoms with Gasteiger partial charge >= 0.3 is 0 Å². The fourth-order valence-electron chi connectivity index (χ4n) is 2.37. The van der Waals surface area contributed by atoms with Crippen molar-refractivity contribution in [1.29, 1.82) is 0 Å². The number of aromatic nitrogens is 3. The van der Waals surface area contributed by atoms with E-state index in [2.05, 4.69) is 25.9 Å². The third kappa shape index (κ3) is 2.22. The fourth-order valence-corrected chi connectivity index (χ4v) is 2.37. The molecule has 2 aromatic heterocycles. The molecule has 0 spiro atoms. The van der Waals surface area contributed by atoms with Crippen LogP contribution < -0.4 is 5.32 Å². The van der Waals surface area contributed by atoms with Crippen molar-refractivity contribution in [2.24, 2.45) is 5.92 Å². The van der Waals surface area contributed by atoms with Gasteiger partial charge < -0.3 is 9.88 Å². The largest absolute Gasteiger partial charge is 0.330 e. The molecule has 0 amide bonds. The number of nitrogens with zero attached hydrogens (tertiary/aromatic N) is 3. The van der Waals surface area contributed by atoms with E-state index in [1.807, 2.05) is 24.8 Å². The lowest BCUT2D eigenvalue weighted by molar-refractivity contribution is 0.484. The van der Waals surface area contributed by atoms with Crippen molar-refractivity contribution in [3.63, 3.8) is 0 Å². The number of rotatable bonds is 3. The molecule has 1 saturated heterocycles. The highest BCUT2D eigenvalue weighted by atomic mass is 15.1. The van der Waals surface area contributed by atoms with Gasteiger partial charge in [0.2, 0.25) is 0 Å². The summed E-state index contributed by atoms with van der Waals surface area (Å²) in [5.41, 5.74) is 2.29. The number of imidazole rings is 1. The zero-order valence-corrected chi connectivity index (χ0v) is 9.71. The van der Waals surface area contributed by atoms with Crippen molar-refractivity contribution < 1.29 is 0 Å². The van der Waals surface area contributed by atoms with E-state index in [9.17, 15) is 0 Å². The molecule has 4 nitrogen and oxygen atoms in total. The van der Waals surface area contributed by atoms with Crippen LogP contribution in [0.15, 0.2) is 37.1 Å². The Morgan fingerprint density at radius 1 is 1.35 bits per heavy atom. The Labute approximate surface area is 101 Å². The van der Waals surface area contributed by atoms with Crippen molar-refractivity contribution in [1.82, 2.24) is 19.9 Å². The van der Waals surface area contributed by atoms with Crippen LogP contribution in [0.3, 0.4) is 0 Å². The second kappa shape index (κ2) is 4.67. The van der Waals surface area contributed by atoms with E-state index in [1.165, 1.54) is 6.42 Å². The molecule has 1 aliphatic heterocycles. The first-order chi connectivity index (χ1) is 8.43. The molecule has 0 aromatic carbocycles. The van der Waals surface area contributed by atoms with Crippen LogP contribution in [0.2, 0.25) is 0 Å². The van der Waals surface area contributed by atoms with Gasteiger partial charge in [-0.25, -0.2) is 4.98 Å². The number of nitrogens with one attached hydrogen (secondary N) is 1. The molecule has 1 fully saturated rings. The average Bonchev–Trinajstić information content (AvgIpc) is 3.02. The minimum Gasteiger partial charge on any atom is -0.330 e. The van der Waals surface area contributed by atoms with Crippen molar-refractivity contribution in [2.75, 3.05) is 13.1 Å². The molecular weight excluding hydrogens is 212 g/mol. The Morgan fingerprint density at radius 3 is 3.12 bits per heavy atom. The summed E-state index contributed by atoms with van der Waals surface area (Å²) in [5.74, 6) is 0.722. The summed E-state index contributed by atoms with van der Waals surface area (Å²) in [5, 5.41) is 3.40. The van der Waals surface area contributed by atoms with E-state index in [0.29, 0.717) is 0 Å². The van der Waals surface area contributed by atoms with Crippen LogP contribution in [-0.4, -0.2) is 27.6 Å². The maximum absolute atomic E-state index is 4.26. The van der Waals surface area contributed by atoms with E-state index in [0.717, 1.165) is 36.8 Å². The van der Waals surface area contributed by atoms with Gasteiger partial charge in [0.1, 0.15) is 0 Å². The number of pyridine rings is 1. The molecule has 4 heteroatoms. The second-order valence-corrected chi connectivity index (χ2v) is 4.53. The SMILES string of the molecule is c1cncc(-c2cncn2CC2CCNC2)c1. The molecule has 3 heterocycles. The predicted octanol–water partition coefficient (Wildman–Crippen LogP) is 1.55. The van der Waals surface area contributed by atoms with Crippen LogP contribution in [0.5, 0.6) is 0 Å². The fraction of sp³-hybridized carbons (Fsp3) is 0.385. The standard InChI is InChI=1S/C13H16N4/c1-2-12(7-14-4-1)13-8-16-10-17(13)9-11-3-5-15-6-11/h1-2,4,7-8,10-11,15H,3,5-6,9H2. The van der Waals surface area contributed by atoms with Crippen LogP contribution in [0.25, 0.3) is 11.3 Å². The lowest BCUT2D eigenvalue weighted by atomic mass is 10.1. The smallest absolute Gasteiger partial charge is 0.0951 e. The molecule has 88 valence electrons. The quantitative estimate of drug-likeness (QED) is 0.866. The van der Waals surface area contributed by atoms with Gasteiger partial charge in [-0.1, -0.05) is 0 Å². The van der Waals surface area contributed by atoms with E-state index < -0.39 is 0 Å². The third-order valence-corrected chi connectivity index (χ3v) is 3.29. The highest BCUT2D eigenvalue weighted by Crippen LogP contribution is 2.20. The van der Waals surface area contributed by atoms with Crippen molar-refractivity contribution in [3.05, 3.63) is 37.1 Å². The zero-order chi connectivity index (χ0) is 11.5. The first-order valence-corrected chi connectivity index (χ1v) is 6.05. The van der Waals surface area contributed by atoms with Gasteiger partial charge in [-0.3, -0.25) is 4.98 Å². The van der Waals surface area contributed by atoms with Crippen LogP contribution >= 0.6 is 0 Å². The van der Waals surface area contributed by atoms with Gasteiger partial charge in [-0.05, 0) is 37.6 Å². The summed E-state index contributed by atoms with van der Waals surface area (Å²) in [6.07, 6.45) is 8.77. The Balaban J connectivity index is 1.84. The molecule has 1 N–H and O–H groups in total. The summed E-state index contributed by atoms with van der Waals surface area (Å²) in [4.78, 5) is 8.42. The van der Waals surface area contributed by atoms with Gasteiger partial charge in [-0.2, -0.15) is 0 Å². The lowest BCUT2D eigenvalue weighted by Crippen LogP contribution is -2.14. The molecule has 1 unspecified atom stereocenters. The monoisotopic (exact) mass is 228 g/mol. The average molecular weight is 228 g/mol. The first-order valence-electron chi connectivity index (χ1n) is 6.05. The van der Waals surface area contributed by atoms with Gasteiger partial charge in [0.05, 0.1) is 18.2 Å². The maximum atomic E-state index is 4.26. The Morgan fingerprint density at radius 2 is 2.35 bits per heavy atom. The second-order valence-electron chi connectivity index (χ2n) is 4.53. The van der Waals surface area contributed by atoms with Crippen molar-refractivity contribution >= 4 is 0 Å². The lowest BCUT2D eigenvalue weighted by Gasteiger charge is -2.12.